The number of carbonyl (C=O) groups excluding carboxylic acids is 2. The van der Waals surface area contributed by atoms with Gasteiger partial charge >= 0.3 is 0 Å². The van der Waals surface area contributed by atoms with E-state index in [4.69, 9.17) is 0 Å². The normalized spacial score (nSPS) is 20.5. The number of hydrogen-bond donors (Lipinski definition) is 1. The second-order valence-electron chi connectivity index (χ2n) is 5.78. The van der Waals surface area contributed by atoms with E-state index in [2.05, 4.69) is 18.3 Å². The maximum absolute atomic E-state index is 12.5. The van der Waals surface area contributed by atoms with Crippen LogP contribution in [0.25, 0.3) is 6.08 Å². The lowest BCUT2D eigenvalue weighted by atomic mass is 9.68. The fourth-order valence-corrected chi connectivity index (χ4v) is 3.60. The first-order valence-electron chi connectivity index (χ1n) is 7.18. The fraction of sp³-hybridized carbons (Fsp3) is 0.412. The molecule has 1 spiro atoms. The summed E-state index contributed by atoms with van der Waals surface area (Å²) in [4.78, 5) is 24.0. The van der Waals surface area contributed by atoms with Crippen molar-refractivity contribution in [2.24, 2.45) is 0 Å². The largest absolute Gasteiger partial charge is 0.325 e. The molecule has 1 heterocycles. The summed E-state index contributed by atoms with van der Waals surface area (Å²) in [7, 11) is 0. The summed E-state index contributed by atoms with van der Waals surface area (Å²) in [6, 6.07) is 4.03. The molecule has 3 nitrogen and oxygen atoms in total. The molecule has 0 saturated heterocycles. The molecule has 1 fully saturated rings. The van der Waals surface area contributed by atoms with Gasteiger partial charge in [-0.3, -0.25) is 9.59 Å². The Morgan fingerprint density at radius 1 is 1.20 bits per heavy atom. The van der Waals surface area contributed by atoms with E-state index in [-0.39, 0.29) is 11.7 Å². The first-order chi connectivity index (χ1) is 9.58. The molecular formula is C17H19NO2. The standard InChI is InChI=1S/C17H19NO2/c1-3-4-12-5-6-14-15(11(12)2)17(16(20)18-14)9-7-13(19)8-10-17/h3-6H,7-10H2,1-2H3,(H,18,20)/b4-3+. The summed E-state index contributed by atoms with van der Waals surface area (Å²) >= 11 is 0. The fourth-order valence-electron chi connectivity index (χ4n) is 3.60. The molecule has 1 saturated carbocycles. The van der Waals surface area contributed by atoms with Gasteiger partial charge in [0.2, 0.25) is 5.91 Å². The summed E-state index contributed by atoms with van der Waals surface area (Å²) in [6.45, 7) is 4.07. The average molecular weight is 269 g/mol. The van der Waals surface area contributed by atoms with Crippen LogP contribution in [0, 0.1) is 6.92 Å². The Labute approximate surface area is 119 Å². The number of ketones is 1. The van der Waals surface area contributed by atoms with Crippen LogP contribution in [-0.2, 0) is 15.0 Å². The summed E-state index contributed by atoms with van der Waals surface area (Å²) < 4.78 is 0. The number of nitrogens with one attached hydrogen (secondary N) is 1. The van der Waals surface area contributed by atoms with Gasteiger partial charge in [0.1, 0.15) is 5.78 Å². The van der Waals surface area contributed by atoms with Crippen LogP contribution in [-0.4, -0.2) is 11.7 Å². The minimum atomic E-state index is -0.481. The maximum atomic E-state index is 12.5. The quantitative estimate of drug-likeness (QED) is 0.849. The van der Waals surface area contributed by atoms with Crippen molar-refractivity contribution in [3.8, 4) is 0 Å². The minimum absolute atomic E-state index is 0.0701. The zero-order valence-corrected chi connectivity index (χ0v) is 12.0. The molecule has 0 aromatic heterocycles. The second-order valence-corrected chi connectivity index (χ2v) is 5.78. The first-order valence-corrected chi connectivity index (χ1v) is 7.18. The lowest BCUT2D eigenvalue weighted by Crippen LogP contribution is -2.38. The number of carbonyl (C=O) groups is 2. The Kier molecular flexibility index (Phi) is 3.00. The molecular weight excluding hydrogens is 250 g/mol. The van der Waals surface area contributed by atoms with Crippen molar-refractivity contribution < 1.29 is 9.59 Å². The Balaban J connectivity index is 2.15. The van der Waals surface area contributed by atoms with Crippen molar-refractivity contribution in [2.75, 3.05) is 5.32 Å². The van der Waals surface area contributed by atoms with Gasteiger partial charge in [-0.2, -0.15) is 0 Å². The van der Waals surface area contributed by atoms with E-state index in [0.717, 1.165) is 22.4 Å². The van der Waals surface area contributed by atoms with Crippen molar-refractivity contribution in [1.29, 1.82) is 0 Å². The smallest absolute Gasteiger partial charge is 0.235 e. The Morgan fingerprint density at radius 2 is 1.90 bits per heavy atom. The van der Waals surface area contributed by atoms with E-state index in [1.54, 1.807) is 0 Å². The van der Waals surface area contributed by atoms with Crippen LogP contribution >= 0.6 is 0 Å². The number of rotatable bonds is 1. The number of anilines is 1. The Bertz CT molecular complexity index is 618. The van der Waals surface area contributed by atoms with Crippen LogP contribution in [0.2, 0.25) is 0 Å². The molecule has 0 bridgehead atoms. The maximum Gasteiger partial charge on any atom is 0.235 e. The highest BCUT2D eigenvalue weighted by Crippen LogP contribution is 2.48. The Hall–Kier alpha value is -1.90. The zero-order chi connectivity index (χ0) is 14.3. The molecule has 2 aliphatic rings. The van der Waals surface area contributed by atoms with Gasteiger partial charge in [-0.05, 0) is 49.4 Å². The SMILES string of the molecule is C/C=C/c1ccc2c(c1C)C1(CCC(=O)CC1)C(=O)N2. The molecule has 3 heteroatoms. The zero-order valence-electron chi connectivity index (χ0n) is 12.0. The highest BCUT2D eigenvalue weighted by atomic mass is 16.2. The van der Waals surface area contributed by atoms with E-state index in [9.17, 15) is 9.59 Å². The average Bonchev–Trinajstić information content (AvgIpc) is 2.70. The molecule has 0 unspecified atom stereocenters. The third-order valence-electron chi connectivity index (χ3n) is 4.68. The third-order valence-corrected chi connectivity index (χ3v) is 4.68. The van der Waals surface area contributed by atoms with Crippen molar-refractivity contribution in [3.05, 3.63) is 34.9 Å². The van der Waals surface area contributed by atoms with Crippen molar-refractivity contribution in [3.63, 3.8) is 0 Å². The number of Topliss-reactive ketones (excluding diaryl/α,β-unsaturated/α-hetero) is 1. The van der Waals surface area contributed by atoms with Crippen molar-refractivity contribution in [2.45, 2.75) is 44.9 Å². The van der Waals surface area contributed by atoms with Crippen molar-refractivity contribution in [1.82, 2.24) is 0 Å². The van der Waals surface area contributed by atoms with Gasteiger partial charge < -0.3 is 5.32 Å². The van der Waals surface area contributed by atoms with Crippen LogP contribution in [0.3, 0.4) is 0 Å². The van der Waals surface area contributed by atoms with Gasteiger partial charge in [-0.1, -0.05) is 18.2 Å². The molecule has 1 N–H and O–H groups in total. The predicted octanol–water partition coefficient (Wildman–Crippen LogP) is 3.36. The van der Waals surface area contributed by atoms with Gasteiger partial charge in [0.25, 0.3) is 0 Å². The second kappa shape index (κ2) is 4.58. The Morgan fingerprint density at radius 3 is 2.55 bits per heavy atom. The summed E-state index contributed by atoms with van der Waals surface area (Å²) in [5, 5.41) is 3.01. The lowest BCUT2D eigenvalue weighted by molar-refractivity contribution is -0.126. The monoisotopic (exact) mass is 269 g/mol. The van der Waals surface area contributed by atoms with Gasteiger partial charge in [-0.25, -0.2) is 0 Å². The lowest BCUT2D eigenvalue weighted by Gasteiger charge is -2.32. The number of amides is 1. The molecule has 1 amide bonds. The van der Waals surface area contributed by atoms with Gasteiger partial charge in [0.15, 0.2) is 0 Å². The van der Waals surface area contributed by atoms with Gasteiger partial charge in [0, 0.05) is 18.5 Å². The van der Waals surface area contributed by atoms with E-state index in [0.29, 0.717) is 25.7 Å². The van der Waals surface area contributed by atoms with Crippen LogP contribution < -0.4 is 5.32 Å². The topological polar surface area (TPSA) is 46.2 Å². The summed E-state index contributed by atoms with van der Waals surface area (Å²) in [6.07, 6.45) is 6.39. The molecule has 104 valence electrons. The highest BCUT2D eigenvalue weighted by molar-refractivity contribution is 6.08. The predicted molar refractivity (Wildman–Crippen MR) is 79.7 cm³/mol. The van der Waals surface area contributed by atoms with E-state index >= 15 is 0 Å². The van der Waals surface area contributed by atoms with Gasteiger partial charge in [0.05, 0.1) is 5.41 Å². The molecule has 20 heavy (non-hydrogen) atoms. The molecule has 0 radical (unpaired) electrons. The van der Waals surface area contributed by atoms with E-state index in [1.807, 2.05) is 25.1 Å². The van der Waals surface area contributed by atoms with Crippen LogP contribution in [0.1, 0.15) is 49.3 Å². The molecule has 1 aromatic rings. The summed E-state index contributed by atoms with van der Waals surface area (Å²) in [5.74, 6) is 0.347. The van der Waals surface area contributed by atoms with E-state index < -0.39 is 5.41 Å². The van der Waals surface area contributed by atoms with Crippen molar-refractivity contribution >= 4 is 23.5 Å². The first kappa shape index (κ1) is 13.1. The van der Waals surface area contributed by atoms with Crippen LogP contribution in [0.4, 0.5) is 5.69 Å². The van der Waals surface area contributed by atoms with Crippen LogP contribution in [0.5, 0.6) is 0 Å². The highest BCUT2D eigenvalue weighted by Gasteiger charge is 2.49. The molecule has 1 aliphatic carbocycles. The van der Waals surface area contributed by atoms with Gasteiger partial charge in [-0.15, -0.1) is 0 Å². The molecule has 1 aliphatic heterocycles. The third kappa shape index (κ3) is 1.73. The number of fused-ring (bicyclic) bond motifs is 2. The number of hydrogen-bond acceptors (Lipinski definition) is 2. The minimum Gasteiger partial charge on any atom is -0.325 e. The van der Waals surface area contributed by atoms with E-state index in [1.165, 1.54) is 0 Å². The van der Waals surface area contributed by atoms with Crippen LogP contribution in [0.15, 0.2) is 18.2 Å². The summed E-state index contributed by atoms with van der Waals surface area (Å²) in [5.41, 5.74) is 3.87. The number of allylic oxidation sites excluding steroid dienone is 1. The molecule has 3 rings (SSSR count). The number of benzene rings is 1. The molecule has 1 aromatic carbocycles. The molecule has 0 atom stereocenters.